The van der Waals surface area contributed by atoms with Gasteiger partial charge in [0.15, 0.2) is 0 Å². The number of carbonyl (C=O) groups excluding carboxylic acids is 1. The molecule has 0 bridgehead atoms. The van der Waals surface area contributed by atoms with E-state index in [2.05, 4.69) is 38.8 Å². The Balaban J connectivity index is 1.48. The summed E-state index contributed by atoms with van der Waals surface area (Å²) in [6.07, 6.45) is 2.30. The highest BCUT2D eigenvalue weighted by molar-refractivity contribution is 7.14. The lowest BCUT2D eigenvalue weighted by Crippen LogP contribution is -2.22. The summed E-state index contributed by atoms with van der Waals surface area (Å²) in [7, 11) is 0. The first-order valence-corrected chi connectivity index (χ1v) is 9.86. The third-order valence-corrected chi connectivity index (χ3v) is 6.26. The van der Waals surface area contributed by atoms with Crippen LogP contribution in [0.5, 0.6) is 0 Å². The smallest absolute Gasteiger partial charge is 0.258 e. The van der Waals surface area contributed by atoms with Gasteiger partial charge in [-0.3, -0.25) is 9.69 Å². The van der Waals surface area contributed by atoms with Crippen molar-refractivity contribution in [1.82, 2.24) is 14.5 Å². The number of likely N-dealkylation sites (tertiary alicyclic amines) is 1. The van der Waals surface area contributed by atoms with Gasteiger partial charge in [0.1, 0.15) is 5.69 Å². The first kappa shape index (κ1) is 16.4. The molecule has 1 saturated heterocycles. The standard InChI is InChI=1S/C18H18N4OS2/c19-18(23)17-8-7-16(25-17)15-2-1-9-22(15)10-12-3-5-13(6-4-12)14-11-24-21-20-14/h3-8,11,15H,1-2,9-10H2,(H2,19,23). The van der Waals surface area contributed by atoms with Gasteiger partial charge in [0, 0.05) is 28.4 Å². The third kappa shape index (κ3) is 3.49. The molecular formula is C18H18N4OS2. The molecule has 0 spiro atoms. The topological polar surface area (TPSA) is 72.1 Å². The molecule has 1 fully saturated rings. The van der Waals surface area contributed by atoms with Crippen LogP contribution < -0.4 is 5.73 Å². The largest absolute Gasteiger partial charge is 0.365 e. The minimum atomic E-state index is -0.340. The summed E-state index contributed by atoms with van der Waals surface area (Å²) < 4.78 is 3.91. The molecule has 25 heavy (non-hydrogen) atoms. The van der Waals surface area contributed by atoms with Crippen LogP contribution in [0.25, 0.3) is 11.3 Å². The number of benzene rings is 1. The summed E-state index contributed by atoms with van der Waals surface area (Å²) >= 11 is 2.89. The molecule has 0 radical (unpaired) electrons. The molecule has 0 saturated carbocycles. The van der Waals surface area contributed by atoms with E-state index in [1.165, 1.54) is 39.7 Å². The van der Waals surface area contributed by atoms with Crippen molar-refractivity contribution in [1.29, 1.82) is 0 Å². The van der Waals surface area contributed by atoms with E-state index in [9.17, 15) is 4.79 Å². The minimum absolute atomic E-state index is 0.340. The van der Waals surface area contributed by atoms with Gasteiger partial charge in [-0.2, -0.15) is 0 Å². The number of thiophene rings is 1. The molecule has 4 rings (SSSR count). The summed E-state index contributed by atoms with van der Waals surface area (Å²) in [6, 6.07) is 12.8. The molecule has 2 N–H and O–H groups in total. The van der Waals surface area contributed by atoms with Crippen molar-refractivity contribution in [2.75, 3.05) is 6.54 Å². The maximum atomic E-state index is 11.3. The SMILES string of the molecule is NC(=O)c1ccc(C2CCCN2Cc2ccc(-c3csnn3)cc2)s1. The predicted molar refractivity (Wildman–Crippen MR) is 101 cm³/mol. The first-order valence-electron chi connectivity index (χ1n) is 8.20. The normalized spacial score (nSPS) is 17.8. The molecule has 5 nitrogen and oxygen atoms in total. The molecule has 2 aromatic heterocycles. The Hall–Kier alpha value is -2.09. The highest BCUT2D eigenvalue weighted by Gasteiger charge is 2.27. The van der Waals surface area contributed by atoms with Crippen LogP contribution in [0, 0.1) is 0 Å². The summed E-state index contributed by atoms with van der Waals surface area (Å²) in [5, 5.41) is 6.07. The molecule has 3 heterocycles. The summed E-state index contributed by atoms with van der Waals surface area (Å²) in [4.78, 5) is 15.7. The van der Waals surface area contributed by atoms with Crippen molar-refractivity contribution in [3.63, 3.8) is 0 Å². The Morgan fingerprint density at radius 1 is 1.24 bits per heavy atom. The van der Waals surface area contributed by atoms with Crippen LogP contribution >= 0.6 is 22.9 Å². The zero-order chi connectivity index (χ0) is 17.2. The number of hydrogen-bond donors (Lipinski definition) is 1. The number of primary amides is 1. The number of nitrogens with zero attached hydrogens (tertiary/aromatic N) is 3. The van der Waals surface area contributed by atoms with Crippen molar-refractivity contribution in [2.24, 2.45) is 5.73 Å². The lowest BCUT2D eigenvalue weighted by molar-refractivity contribution is 0.100. The second-order valence-electron chi connectivity index (χ2n) is 6.18. The Bertz CT molecular complexity index is 858. The fourth-order valence-electron chi connectivity index (χ4n) is 3.31. The number of amides is 1. The lowest BCUT2D eigenvalue weighted by Gasteiger charge is -2.23. The molecule has 1 aliphatic heterocycles. The van der Waals surface area contributed by atoms with Crippen LogP contribution in [0.1, 0.15) is 39.0 Å². The van der Waals surface area contributed by atoms with Crippen LogP contribution in [0.15, 0.2) is 41.8 Å². The van der Waals surface area contributed by atoms with Crippen LogP contribution in [0.4, 0.5) is 0 Å². The average molecular weight is 371 g/mol. The first-order chi connectivity index (χ1) is 12.2. The van der Waals surface area contributed by atoms with Gasteiger partial charge in [0.2, 0.25) is 0 Å². The fourth-order valence-corrected chi connectivity index (χ4v) is 4.80. The van der Waals surface area contributed by atoms with E-state index in [1.54, 1.807) is 0 Å². The van der Waals surface area contributed by atoms with Crippen molar-refractivity contribution < 1.29 is 4.79 Å². The van der Waals surface area contributed by atoms with Gasteiger partial charge in [0.05, 0.1) is 4.88 Å². The Labute approximate surface area is 154 Å². The molecule has 1 unspecified atom stereocenters. The molecule has 1 atom stereocenters. The molecule has 1 aliphatic rings. The van der Waals surface area contributed by atoms with E-state index in [1.807, 2.05) is 17.5 Å². The zero-order valence-corrected chi connectivity index (χ0v) is 15.2. The molecule has 1 aromatic carbocycles. The molecule has 3 aromatic rings. The monoisotopic (exact) mass is 370 g/mol. The van der Waals surface area contributed by atoms with Crippen molar-refractivity contribution >= 4 is 28.8 Å². The van der Waals surface area contributed by atoms with Crippen molar-refractivity contribution in [2.45, 2.75) is 25.4 Å². The fraction of sp³-hybridized carbons (Fsp3) is 0.278. The Morgan fingerprint density at radius 2 is 2.08 bits per heavy atom. The van der Waals surface area contributed by atoms with E-state index < -0.39 is 0 Å². The highest BCUT2D eigenvalue weighted by atomic mass is 32.1. The van der Waals surface area contributed by atoms with Gasteiger partial charge in [-0.05, 0) is 48.6 Å². The average Bonchev–Trinajstić information content (AvgIpc) is 3.36. The van der Waals surface area contributed by atoms with E-state index in [0.29, 0.717) is 10.9 Å². The summed E-state index contributed by atoms with van der Waals surface area (Å²) in [6.45, 7) is 1.98. The third-order valence-electron chi connectivity index (χ3n) is 4.56. The van der Waals surface area contributed by atoms with Gasteiger partial charge in [0.25, 0.3) is 5.91 Å². The Kier molecular flexibility index (Phi) is 4.61. The van der Waals surface area contributed by atoms with E-state index in [4.69, 9.17) is 5.73 Å². The van der Waals surface area contributed by atoms with Crippen LogP contribution in [-0.2, 0) is 6.54 Å². The van der Waals surface area contributed by atoms with Crippen LogP contribution in [-0.4, -0.2) is 26.9 Å². The number of aromatic nitrogens is 2. The van der Waals surface area contributed by atoms with Gasteiger partial charge in [-0.25, -0.2) is 0 Å². The lowest BCUT2D eigenvalue weighted by atomic mass is 10.1. The molecule has 7 heteroatoms. The molecular weight excluding hydrogens is 352 g/mol. The second-order valence-corrected chi connectivity index (χ2v) is 7.91. The summed E-state index contributed by atoms with van der Waals surface area (Å²) in [5.74, 6) is -0.340. The van der Waals surface area contributed by atoms with Crippen molar-refractivity contribution in [3.05, 3.63) is 57.1 Å². The maximum Gasteiger partial charge on any atom is 0.258 e. The van der Waals surface area contributed by atoms with Gasteiger partial charge < -0.3 is 5.73 Å². The van der Waals surface area contributed by atoms with E-state index in [-0.39, 0.29) is 5.91 Å². The number of rotatable bonds is 5. The van der Waals surface area contributed by atoms with Gasteiger partial charge in [-0.15, -0.1) is 16.4 Å². The van der Waals surface area contributed by atoms with Gasteiger partial charge in [-0.1, -0.05) is 28.8 Å². The minimum Gasteiger partial charge on any atom is -0.365 e. The molecule has 1 amide bonds. The quantitative estimate of drug-likeness (QED) is 0.743. The highest BCUT2D eigenvalue weighted by Crippen LogP contribution is 2.36. The Morgan fingerprint density at radius 3 is 2.76 bits per heavy atom. The number of hydrogen-bond acceptors (Lipinski definition) is 6. The van der Waals surface area contributed by atoms with Gasteiger partial charge >= 0.3 is 0 Å². The second kappa shape index (κ2) is 7.03. The number of nitrogens with two attached hydrogens (primary N) is 1. The predicted octanol–water partition coefficient (Wildman–Crippen LogP) is 3.70. The van der Waals surface area contributed by atoms with E-state index >= 15 is 0 Å². The van der Waals surface area contributed by atoms with Crippen LogP contribution in [0.2, 0.25) is 0 Å². The van der Waals surface area contributed by atoms with E-state index in [0.717, 1.165) is 30.8 Å². The number of carbonyl (C=O) groups is 1. The van der Waals surface area contributed by atoms with Crippen molar-refractivity contribution in [3.8, 4) is 11.3 Å². The zero-order valence-electron chi connectivity index (χ0n) is 13.6. The summed E-state index contributed by atoms with van der Waals surface area (Å²) in [5.41, 5.74) is 8.69. The molecule has 0 aliphatic carbocycles. The maximum absolute atomic E-state index is 11.3. The van der Waals surface area contributed by atoms with Crippen LogP contribution in [0.3, 0.4) is 0 Å². The molecule has 128 valence electrons.